The second-order valence-corrected chi connectivity index (χ2v) is 16.0. The summed E-state index contributed by atoms with van der Waals surface area (Å²) in [6.45, 7) is 15.3. The second kappa shape index (κ2) is 8.98. The molecule has 5 rings (SSSR count). The van der Waals surface area contributed by atoms with Crippen LogP contribution in [0.3, 0.4) is 0 Å². The molecule has 0 unspecified atom stereocenters. The Kier molecular flexibility index (Phi) is 6.33. The Morgan fingerprint density at radius 1 is 0.513 bits per heavy atom. The van der Waals surface area contributed by atoms with Crippen LogP contribution in [0.2, 0.25) is 0 Å². The topological polar surface area (TPSA) is 60.7 Å². The van der Waals surface area contributed by atoms with Crippen LogP contribution >= 0.6 is 7.28 Å². The van der Waals surface area contributed by atoms with E-state index in [-0.39, 0.29) is 21.4 Å². The number of aryl methyl sites for hydroxylation is 1. The Morgan fingerprint density at radius 3 is 1.77 bits per heavy atom. The van der Waals surface area contributed by atoms with Gasteiger partial charge in [0.2, 0.25) is 0 Å². The number of hydrogen-bond donors (Lipinski definition) is 3. The molecule has 0 aliphatic rings. The second-order valence-electron chi connectivity index (χ2n) is 13.0. The van der Waals surface area contributed by atoms with Gasteiger partial charge in [-0.15, -0.1) is 0 Å². The third-order valence-electron chi connectivity index (χ3n) is 7.85. The summed E-state index contributed by atoms with van der Waals surface area (Å²) in [5.74, 6) is 0. The van der Waals surface area contributed by atoms with E-state index < -0.39 is 7.28 Å². The predicted molar refractivity (Wildman–Crippen MR) is 168 cm³/mol. The van der Waals surface area contributed by atoms with E-state index in [0.29, 0.717) is 0 Å². The monoisotopic (exact) mass is 538 g/mol. The first-order chi connectivity index (χ1) is 18.0. The third-order valence-corrected chi connectivity index (χ3v) is 10.3. The molecule has 0 bridgehead atoms. The van der Waals surface area contributed by atoms with Crippen LogP contribution in [0, 0.1) is 6.92 Å². The van der Waals surface area contributed by atoms with E-state index in [2.05, 4.69) is 71.9 Å². The molecule has 5 aromatic rings. The predicted octanol–water partition coefficient (Wildman–Crippen LogP) is 7.79. The Labute approximate surface area is 232 Å². The molecule has 0 atom stereocenters. The van der Waals surface area contributed by atoms with Crippen molar-refractivity contribution in [2.75, 3.05) is 0 Å². The Morgan fingerprint density at radius 2 is 1.10 bits per heavy atom. The molecule has 5 aromatic carbocycles. The zero-order chi connectivity index (χ0) is 28.4. The van der Waals surface area contributed by atoms with Crippen molar-refractivity contribution < 1.29 is 14.7 Å². The van der Waals surface area contributed by atoms with Crippen LogP contribution in [0.5, 0.6) is 0 Å². The first-order valence-electron chi connectivity index (χ1n) is 13.5. The molecule has 0 aliphatic heterocycles. The quantitative estimate of drug-likeness (QED) is 0.206. The van der Waals surface area contributed by atoms with Crippen LogP contribution in [-0.4, -0.2) is 14.7 Å². The van der Waals surface area contributed by atoms with E-state index in [1.54, 1.807) is 24.3 Å². The number of benzene rings is 5. The van der Waals surface area contributed by atoms with Crippen molar-refractivity contribution >= 4 is 39.4 Å². The van der Waals surface area contributed by atoms with E-state index in [0.717, 1.165) is 32.8 Å². The molecule has 0 heterocycles. The van der Waals surface area contributed by atoms with Crippen LogP contribution in [0.25, 0.3) is 32.7 Å². The van der Waals surface area contributed by atoms with Gasteiger partial charge in [0.15, 0.2) is 0 Å². The van der Waals surface area contributed by atoms with Crippen molar-refractivity contribution in [1.82, 2.24) is 0 Å². The molecule has 4 heteroatoms. The first kappa shape index (κ1) is 27.5. The van der Waals surface area contributed by atoms with Crippen LogP contribution < -0.4 is 10.6 Å². The molecule has 3 nitrogen and oxygen atoms in total. The molecule has 202 valence electrons. The van der Waals surface area contributed by atoms with Gasteiger partial charge in [0, 0.05) is 0 Å². The molecule has 0 saturated heterocycles. The van der Waals surface area contributed by atoms with Gasteiger partial charge < -0.3 is 0 Å². The van der Waals surface area contributed by atoms with Crippen molar-refractivity contribution in [2.24, 2.45) is 0 Å². The summed E-state index contributed by atoms with van der Waals surface area (Å²) in [4.78, 5) is 34.8. The molecule has 0 aromatic heterocycles. The minimum atomic E-state index is -5.41. The summed E-state index contributed by atoms with van der Waals surface area (Å²) in [7, 11) is -5.41. The van der Waals surface area contributed by atoms with Crippen molar-refractivity contribution in [1.29, 1.82) is 0 Å². The van der Waals surface area contributed by atoms with Gasteiger partial charge in [0.05, 0.1) is 0 Å². The molecule has 0 fully saturated rings. The standard InChI is InChI=1S/C35H39O3P/c1-23-12-16-30(39(36,37,38)29-17-14-24-10-8-9-11-25(24)19-29)22-31(23)32-20-26-13-15-28(34(2,3)4)18-27(26)21-33(32)35(5,6)7/h8-22,36-38H,1-7H3. The Balaban J connectivity index is 1.72. The van der Waals surface area contributed by atoms with Crippen molar-refractivity contribution in [2.45, 2.75) is 59.3 Å². The molecule has 0 radical (unpaired) electrons. The summed E-state index contributed by atoms with van der Waals surface area (Å²) >= 11 is 0. The van der Waals surface area contributed by atoms with E-state index in [9.17, 15) is 14.7 Å². The molecule has 0 aliphatic carbocycles. The summed E-state index contributed by atoms with van der Waals surface area (Å²) < 4.78 is 0. The van der Waals surface area contributed by atoms with Crippen molar-refractivity contribution in [3.8, 4) is 11.1 Å². The average Bonchev–Trinajstić information content (AvgIpc) is 2.86. The maximum atomic E-state index is 11.6. The molecular formula is C35H39O3P. The van der Waals surface area contributed by atoms with Gasteiger partial charge in [0.25, 0.3) is 0 Å². The number of rotatable bonds is 3. The molecule has 39 heavy (non-hydrogen) atoms. The fourth-order valence-corrected chi connectivity index (χ4v) is 7.09. The fraction of sp³-hybridized carbons (Fsp3) is 0.257. The summed E-state index contributed by atoms with van der Waals surface area (Å²) in [6.07, 6.45) is 0. The molecular weight excluding hydrogens is 499 g/mol. The van der Waals surface area contributed by atoms with Crippen LogP contribution in [0.1, 0.15) is 58.2 Å². The maximum absolute atomic E-state index is 11.6. The van der Waals surface area contributed by atoms with Crippen molar-refractivity contribution in [3.63, 3.8) is 0 Å². The Hall–Kier alpha value is -3.07. The van der Waals surface area contributed by atoms with E-state index in [1.807, 2.05) is 43.3 Å². The summed E-state index contributed by atoms with van der Waals surface area (Å²) in [5, 5.41) is 4.37. The van der Waals surface area contributed by atoms with Gasteiger partial charge in [-0.25, -0.2) is 0 Å². The number of fused-ring (bicyclic) bond motifs is 2. The Bertz CT molecular complexity index is 1730. The summed E-state index contributed by atoms with van der Waals surface area (Å²) in [5.41, 5.74) is 5.25. The molecule has 0 spiro atoms. The normalized spacial score (nSPS) is 13.9. The summed E-state index contributed by atoms with van der Waals surface area (Å²) in [6, 6.07) is 29.2. The van der Waals surface area contributed by atoms with Gasteiger partial charge in [-0.05, 0) is 0 Å². The van der Waals surface area contributed by atoms with E-state index in [4.69, 9.17) is 0 Å². The van der Waals surface area contributed by atoms with Gasteiger partial charge in [0.1, 0.15) is 0 Å². The van der Waals surface area contributed by atoms with Gasteiger partial charge in [-0.3, -0.25) is 0 Å². The number of hydrogen-bond acceptors (Lipinski definition) is 3. The van der Waals surface area contributed by atoms with Crippen LogP contribution in [0.4, 0.5) is 0 Å². The zero-order valence-corrected chi connectivity index (χ0v) is 24.8. The zero-order valence-electron chi connectivity index (χ0n) is 23.9. The molecule has 0 saturated carbocycles. The van der Waals surface area contributed by atoms with Gasteiger partial charge >= 0.3 is 232 Å². The van der Waals surface area contributed by atoms with Crippen LogP contribution in [-0.2, 0) is 10.8 Å². The molecule has 3 N–H and O–H groups in total. The van der Waals surface area contributed by atoms with Gasteiger partial charge in [-0.2, -0.15) is 0 Å². The third kappa shape index (κ3) is 5.01. The minimum absolute atomic E-state index is 0.0494. The molecule has 0 amide bonds. The SMILES string of the molecule is Cc1ccc(P(O)(O)(O)c2ccc3ccccc3c2)cc1-c1cc2ccc(C(C)(C)C)cc2cc1C(C)(C)C. The van der Waals surface area contributed by atoms with E-state index >= 15 is 0 Å². The van der Waals surface area contributed by atoms with Gasteiger partial charge in [-0.1, -0.05) is 0 Å². The van der Waals surface area contributed by atoms with Crippen molar-refractivity contribution in [3.05, 3.63) is 108 Å². The van der Waals surface area contributed by atoms with E-state index in [1.165, 1.54) is 16.5 Å². The fourth-order valence-electron chi connectivity index (χ4n) is 5.35. The van der Waals surface area contributed by atoms with Crippen LogP contribution in [0.15, 0.2) is 91.0 Å². The first-order valence-corrected chi connectivity index (χ1v) is 15.6. The average molecular weight is 539 g/mol.